The fourth-order valence-corrected chi connectivity index (χ4v) is 3.54. The molecule has 2 unspecified atom stereocenters. The molecule has 0 aromatic heterocycles. The SMILES string of the molecule is O=C(C1CCCN1)N1CCC(OCC2CCCCO2)CC1. The minimum Gasteiger partial charge on any atom is -0.376 e. The maximum Gasteiger partial charge on any atom is 0.239 e. The van der Waals surface area contributed by atoms with E-state index in [4.69, 9.17) is 9.47 Å². The number of likely N-dealkylation sites (tertiary alicyclic amines) is 1. The highest BCUT2D eigenvalue weighted by atomic mass is 16.5. The zero-order chi connectivity index (χ0) is 14.5. The molecule has 3 rings (SSSR count). The molecule has 0 bridgehead atoms. The molecule has 0 aromatic carbocycles. The van der Waals surface area contributed by atoms with E-state index >= 15 is 0 Å². The standard InChI is InChI=1S/C16H28N2O3/c19-16(15-5-3-8-17-15)18-9-6-13(7-10-18)21-12-14-4-1-2-11-20-14/h13-15,17H,1-12H2. The molecule has 5 nitrogen and oxygen atoms in total. The van der Waals surface area contributed by atoms with Gasteiger partial charge in [-0.1, -0.05) is 0 Å². The first kappa shape index (κ1) is 15.3. The van der Waals surface area contributed by atoms with Crippen LogP contribution in [-0.2, 0) is 14.3 Å². The van der Waals surface area contributed by atoms with Gasteiger partial charge in [-0.2, -0.15) is 0 Å². The van der Waals surface area contributed by atoms with Gasteiger partial charge in [-0.3, -0.25) is 4.79 Å². The Hall–Kier alpha value is -0.650. The number of amides is 1. The van der Waals surface area contributed by atoms with Gasteiger partial charge in [-0.05, 0) is 51.5 Å². The minimum atomic E-state index is 0.0677. The monoisotopic (exact) mass is 296 g/mol. The molecule has 1 amide bonds. The van der Waals surface area contributed by atoms with Crippen molar-refractivity contribution in [3.8, 4) is 0 Å². The van der Waals surface area contributed by atoms with E-state index in [9.17, 15) is 4.79 Å². The first-order valence-corrected chi connectivity index (χ1v) is 8.58. The van der Waals surface area contributed by atoms with Crippen molar-refractivity contribution in [3.05, 3.63) is 0 Å². The van der Waals surface area contributed by atoms with Crippen molar-refractivity contribution >= 4 is 5.91 Å². The van der Waals surface area contributed by atoms with E-state index in [0.29, 0.717) is 18.1 Å². The zero-order valence-corrected chi connectivity index (χ0v) is 12.9. The molecule has 3 fully saturated rings. The Kier molecular flexibility index (Phi) is 5.49. The largest absolute Gasteiger partial charge is 0.376 e. The Bertz CT molecular complexity index is 330. The van der Waals surface area contributed by atoms with E-state index < -0.39 is 0 Å². The first-order valence-electron chi connectivity index (χ1n) is 8.58. The molecule has 21 heavy (non-hydrogen) atoms. The van der Waals surface area contributed by atoms with Crippen molar-refractivity contribution in [3.63, 3.8) is 0 Å². The molecule has 0 aromatic rings. The molecule has 3 heterocycles. The van der Waals surface area contributed by atoms with Gasteiger partial charge in [-0.25, -0.2) is 0 Å². The zero-order valence-electron chi connectivity index (χ0n) is 12.9. The number of nitrogens with zero attached hydrogens (tertiary/aromatic N) is 1. The highest BCUT2D eigenvalue weighted by molar-refractivity contribution is 5.82. The lowest BCUT2D eigenvalue weighted by Crippen LogP contribution is -2.48. The lowest BCUT2D eigenvalue weighted by atomic mass is 10.1. The molecule has 0 saturated carbocycles. The van der Waals surface area contributed by atoms with Crippen molar-refractivity contribution in [2.24, 2.45) is 0 Å². The molecule has 0 radical (unpaired) electrons. The van der Waals surface area contributed by atoms with Crippen LogP contribution in [0.5, 0.6) is 0 Å². The van der Waals surface area contributed by atoms with Crippen LogP contribution in [0.2, 0.25) is 0 Å². The van der Waals surface area contributed by atoms with E-state index in [1.165, 1.54) is 12.8 Å². The van der Waals surface area contributed by atoms with Gasteiger partial charge in [0, 0.05) is 19.7 Å². The summed E-state index contributed by atoms with van der Waals surface area (Å²) in [6.45, 7) is 4.27. The van der Waals surface area contributed by atoms with Gasteiger partial charge in [0.25, 0.3) is 0 Å². The van der Waals surface area contributed by atoms with Crippen LogP contribution in [0.25, 0.3) is 0 Å². The quantitative estimate of drug-likeness (QED) is 0.850. The lowest BCUT2D eigenvalue weighted by Gasteiger charge is -2.34. The summed E-state index contributed by atoms with van der Waals surface area (Å²) in [6.07, 6.45) is 8.21. The molecule has 0 spiro atoms. The number of piperidine rings is 1. The van der Waals surface area contributed by atoms with Gasteiger partial charge in [0.15, 0.2) is 0 Å². The summed E-state index contributed by atoms with van der Waals surface area (Å²) in [4.78, 5) is 14.3. The van der Waals surface area contributed by atoms with Crippen LogP contribution in [0.1, 0.15) is 44.9 Å². The van der Waals surface area contributed by atoms with Crippen molar-refractivity contribution < 1.29 is 14.3 Å². The molecule has 2 atom stereocenters. The highest BCUT2D eigenvalue weighted by Crippen LogP contribution is 2.19. The Morgan fingerprint density at radius 3 is 2.67 bits per heavy atom. The summed E-state index contributed by atoms with van der Waals surface area (Å²) < 4.78 is 11.7. The van der Waals surface area contributed by atoms with E-state index in [2.05, 4.69) is 5.32 Å². The van der Waals surface area contributed by atoms with Crippen molar-refractivity contribution in [2.75, 3.05) is 32.8 Å². The number of carbonyl (C=O) groups excluding carboxylic acids is 1. The summed E-state index contributed by atoms with van der Waals surface area (Å²) in [6, 6.07) is 0.0677. The van der Waals surface area contributed by atoms with Crippen LogP contribution in [0, 0.1) is 0 Å². The van der Waals surface area contributed by atoms with Crippen molar-refractivity contribution in [1.29, 1.82) is 0 Å². The van der Waals surface area contributed by atoms with E-state index in [-0.39, 0.29) is 6.04 Å². The Morgan fingerprint density at radius 1 is 1.14 bits per heavy atom. The van der Waals surface area contributed by atoms with Crippen LogP contribution in [-0.4, -0.2) is 61.9 Å². The third-order valence-corrected chi connectivity index (χ3v) is 4.90. The topological polar surface area (TPSA) is 50.8 Å². The van der Waals surface area contributed by atoms with Crippen LogP contribution in [0.3, 0.4) is 0 Å². The number of rotatable bonds is 4. The molecule has 3 aliphatic rings. The number of hydrogen-bond donors (Lipinski definition) is 1. The number of carbonyl (C=O) groups is 1. The van der Waals surface area contributed by atoms with Gasteiger partial charge in [0.05, 0.1) is 24.9 Å². The average Bonchev–Trinajstić information content (AvgIpc) is 3.08. The third-order valence-electron chi connectivity index (χ3n) is 4.90. The van der Waals surface area contributed by atoms with Gasteiger partial charge in [0.2, 0.25) is 5.91 Å². The van der Waals surface area contributed by atoms with Crippen LogP contribution < -0.4 is 5.32 Å². The molecular formula is C16H28N2O3. The van der Waals surface area contributed by atoms with E-state index in [1.54, 1.807) is 0 Å². The first-order chi connectivity index (χ1) is 10.3. The molecule has 3 aliphatic heterocycles. The molecule has 3 saturated heterocycles. The lowest BCUT2D eigenvalue weighted by molar-refractivity contribution is -0.136. The maximum atomic E-state index is 12.3. The molecule has 5 heteroatoms. The predicted molar refractivity (Wildman–Crippen MR) is 80.2 cm³/mol. The number of ether oxygens (including phenoxy) is 2. The summed E-state index contributed by atoms with van der Waals surface area (Å²) >= 11 is 0. The second-order valence-corrected chi connectivity index (χ2v) is 6.50. The van der Waals surface area contributed by atoms with E-state index in [1.807, 2.05) is 4.90 Å². The van der Waals surface area contributed by atoms with Crippen LogP contribution >= 0.6 is 0 Å². The summed E-state index contributed by atoms with van der Waals surface area (Å²) in [5.41, 5.74) is 0. The van der Waals surface area contributed by atoms with Crippen LogP contribution in [0.15, 0.2) is 0 Å². The van der Waals surface area contributed by atoms with Gasteiger partial charge in [-0.15, -0.1) is 0 Å². The Labute approximate surface area is 127 Å². The third kappa shape index (κ3) is 4.18. The number of hydrogen-bond acceptors (Lipinski definition) is 4. The van der Waals surface area contributed by atoms with Crippen LogP contribution in [0.4, 0.5) is 0 Å². The average molecular weight is 296 g/mol. The molecule has 1 N–H and O–H groups in total. The number of nitrogens with one attached hydrogen (secondary N) is 1. The second kappa shape index (κ2) is 7.56. The highest BCUT2D eigenvalue weighted by Gasteiger charge is 2.30. The molecule has 0 aliphatic carbocycles. The predicted octanol–water partition coefficient (Wildman–Crippen LogP) is 1.32. The van der Waals surface area contributed by atoms with Gasteiger partial charge < -0.3 is 19.7 Å². The van der Waals surface area contributed by atoms with Gasteiger partial charge in [0.1, 0.15) is 0 Å². The molecule has 120 valence electrons. The summed E-state index contributed by atoms with van der Waals surface area (Å²) in [5, 5.41) is 3.29. The maximum absolute atomic E-state index is 12.3. The fourth-order valence-electron chi connectivity index (χ4n) is 3.54. The van der Waals surface area contributed by atoms with Crippen molar-refractivity contribution in [2.45, 2.75) is 63.2 Å². The van der Waals surface area contributed by atoms with Crippen molar-refractivity contribution in [1.82, 2.24) is 10.2 Å². The fraction of sp³-hybridized carbons (Fsp3) is 0.938. The minimum absolute atomic E-state index is 0.0677. The summed E-state index contributed by atoms with van der Waals surface area (Å²) in [7, 11) is 0. The second-order valence-electron chi connectivity index (χ2n) is 6.50. The smallest absolute Gasteiger partial charge is 0.239 e. The Balaban J connectivity index is 1.35. The Morgan fingerprint density at radius 2 is 2.00 bits per heavy atom. The normalized spacial score (nSPS) is 31.5. The van der Waals surface area contributed by atoms with Gasteiger partial charge >= 0.3 is 0 Å². The van der Waals surface area contributed by atoms with E-state index in [0.717, 1.165) is 65.0 Å². The summed E-state index contributed by atoms with van der Waals surface area (Å²) in [5.74, 6) is 0.293. The molecular weight excluding hydrogens is 268 g/mol.